The van der Waals surface area contributed by atoms with E-state index in [1.807, 2.05) is 12.3 Å². The van der Waals surface area contributed by atoms with E-state index in [1.54, 1.807) is 0 Å². The predicted octanol–water partition coefficient (Wildman–Crippen LogP) is 1.55. The Bertz CT molecular complexity index is 275. The molecular formula is C11H17N3. The molecule has 0 aromatic carbocycles. The molecular weight excluding hydrogens is 174 g/mol. The molecule has 0 bridgehead atoms. The summed E-state index contributed by atoms with van der Waals surface area (Å²) in [6.07, 6.45) is 4.39. The molecule has 1 fully saturated rings. The molecule has 1 aliphatic rings. The van der Waals surface area contributed by atoms with Crippen molar-refractivity contribution in [1.29, 1.82) is 0 Å². The van der Waals surface area contributed by atoms with Gasteiger partial charge in [0, 0.05) is 18.8 Å². The van der Waals surface area contributed by atoms with E-state index in [9.17, 15) is 0 Å². The van der Waals surface area contributed by atoms with Crippen LogP contribution in [0, 0.1) is 6.92 Å². The van der Waals surface area contributed by atoms with Gasteiger partial charge >= 0.3 is 0 Å². The molecule has 1 saturated heterocycles. The minimum Gasteiger partial charge on any atom is -0.366 e. The lowest BCUT2D eigenvalue weighted by Crippen LogP contribution is -2.38. The topological polar surface area (TPSA) is 37.0 Å². The number of pyridine rings is 1. The van der Waals surface area contributed by atoms with Gasteiger partial charge in [0.1, 0.15) is 5.82 Å². The Morgan fingerprint density at radius 2 is 2.43 bits per heavy atom. The van der Waals surface area contributed by atoms with Crippen LogP contribution in [-0.2, 0) is 0 Å². The second-order valence-corrected chi connectivity index (χ2v) is 3.91. The van der Waals surface area contributed by atoms with Crippen molar-refractivity contribution in [2.75, 3.05) is 18.4 Å². The Labute approximate surface area is 84.9 Å². The number of hydrogen-bond acceptors (Lipinski definition) is 3. The molecule has 0 amide bonds. The fraction of sp³-hybridized carbons (Fsp3) is 0.545. The second-order valence-electron chi connectivity index (χ2n) is 3.91. The normalized spacial score (nSPS) is 21.9. The summed E-state index contributed by atoms with van der Waals surface area (Å²) in [5.74, 6) is 0.990. The minimum atomic E-state index is 0.541. The van der Waals surface area contributed by atoms with Crippen LogP contribution in [0.2, 0.25) is 0 Å². The van der Waals surface area contributed by atoms with Crippen molar-refractivity contribution in [3.63, 3.8) is 0 Å². The number of piperidine rings is 1. The summed E-state index contributed by atoms with van der Waals surface area (Å²) in [4.78, 5) is 4.33. The van der Waals surface area contributed by atoms with E-state index in [-0.39, 0.29) is 0 Å². The van der Waals surface area contributed by atoms with Gasteiger partial charge in [-0.25, -0.2) is 4.98 Å². The second kappa shape index (κ2) is 4.42. The van der Waals surface area contributed by atoms with Crippen LogP contribution in [0.15, 0.2) is 18.3 Å². The Morgan fingerprint density at radius 3 is 3.07 bits per heavy atom. The van der Waals surface area contributed by atoms with Crippen molar-refractivity contribution in [2.45, 2.75) is 25.8 Å². The highest BCUT2D eigenvalue weighted by Crippen LogP contribution is 2.10. The summed E-state index contributed by atoms with van der Waals surface area (Å²) >= 11 is 0. The highest BCUT2D eigenvalue weighted by atomic mass is 15.1. The molecule has 0 aliphatic carbocycles. The first-order valence-electron chi connectivity index (χ1n) is 5.24. The van der Waals surface area contributed by atoms with Crippen molar-refractivity contribution in [3.05, 3.63) is 23.9 Å². The first-order valence-corrected chi connectivity index (χ1v) is 5.24. The molecule has 2 N–H and O–H groups in total. The van der Waals surface area contributed by atoms with Gasteiger partial charge in [-0.05, 0) is 37.9 Å². The average molecular weight is 191 g/mol. The number of hydrogen-bond donors (Lipinski definition) is 2. The smallest absolute Gasteiger partial charge is 0.126 e. The quantitative estimate of drug-likeness (QED) is 0.744. The molecule has 3 heteroatoms. The van der Waals surface area contributed by atoms with Crippen molar-refractivity contribution >= 4 is 5.82 Å². The Kier molecular flexibility index (Phi) is 2.99. The van der Waals surface area contributed by atoms with E-state index in [1.165, 1.54) is 18.4 Å². The Hall–Kier alpha value is -1.09. The van der Waals surface area contributed by atoms with Crippen LogP contribution in [0.3, 0.4) is 0 Å². The molecule has 1 atom stereocenters. The lowest BCUT2D eigenvalue weighted by Gasteiger charge is -2.24. The molecule has 14 heavy (non-hydrogen) atoms. The number of rotatable bonds is 2. The summed E-state index contributed by atoms with van der Waals surface area (Å²) < 4.78 is 0. The van der Waals surface area contributed by atoms with E-state index in [2.05, 4.69) is 28.6 Å². The maximum Gasteiger partial charge on any atom is 0.126 e. The van der Waals surface area contributed by atoms with Crippen LogP contribution in [-0.4, -0.2) is 24.1 Å². The number of aromatic nitrogens is 1. The molecule has 1 aromatic heterocycles. The van der Waals surface area contributed by atoms with Gasteiger partial charge in [0.2, 0.25) is 0 Å². The van der Waals surface area contributed by atoms with Crippen molar-refractivity contribution in [3.8, 4) is 0 Å². The molecule has 0 radical (unpaired) electrons. The highest BCUT2D eigenvalue weighted by molar-refractivity contribution is 5.36. The van der Waals surface area contributed by atoms with Crippen molar-refractivity contribution in [1.82, 2.24) is 10.3 Å². The molecule has 2 rings (SSSR count). The third-order valence-corrected chi connectivity index (χ3v) is 2.56. The van der Waals surface area contributed by atoms with E-state index in [0.29, 0.717) is 6.04 Å². The van der Waals surface area contributed by atoms with Gasteiger partial charge in [-0.15, -0.1) is 0 Å². The van der Waals surface area contributed by atoms with Gasteiger partial charge < -0.3 is 10.6 Å². The standard InChI is InChI=1S/C11H17N3/c1-9-4-5-11(13-7-9)14-10-3-2-6-12-8-10/h4-5,7,10,12H,2-3,6,8H2,1H3,(H,13,14)/t10-/m1/s1. The number of nitrogens with one attached hydrogen (secondary N) is 2. The monoisotopic (exact) mass is 191 g/mol. The zero-order chi connectivity index (χ0) is 9.80. The fourth-order valence-electron chi connectivity index (χ4n) is 1.74. The summed E-state index contributed by atoms with van der Waals surface area (Å²) in [7, 11) is 0. The predicted molar refractivity (Wildman–Crippen MR) is 58.5 cm³/mol. The SMILES string of the molecule is Cc1ccc(N[C@@H]2CCCNC2)nc1. The van der Waals surface area contributed by atoms with Crippen LogP contribution >= 0.6 is 0 Å². The van der Waals surface area contributed by atoms with Crippen LogP contribution < -0.4 is 10.6 Å². The molecule has 76 valence electrons. The van der Waals surface area contributed by atoms with Gasteiger partial charge in [-0.3, -0.25) is 0 Å². The van der Waals surface area contributed by atoms with Crippen molar-refractivity contribution < 1.29 is 0 Å². The number of nitrogens with zero attached hydrogens (tertiary/aromatic N) is 1. The number of aryl methyl sites for hydroxylation is 1. The minimum absolute atomic E-state index is 0.541. The zero-order valence-corrected chi connectivity index (χ0v) is 8.59. The summed E-state index contributed by atoms with van der Waals surface area (Å²) in [5, 5.41) is 6.81. The maximum atomic E-state index is 4.33. The van der Waals surface area contributed by atoms with Gasteiger partial charge in [0.05, 0.1) is 0 Å². The van der Waals surface area contributed by atoms with Gasteiger partial charge in [0.15, 0.2) is 0 Å². The van der Waals surface area contributed by atoms with Crippen molar-refractivity contribution in [2.24, 2.45) is 0 Å². The third-order valence-electron chi connectivity index (χ3n) is 2.56. The van der Waals surface area contributed by atoms with Crippen LogP contribution in [0.25, 0.3) is 0 Å². The summed E-state index contributed by atoms with van der Waals surface area (Å²) in [6, 6.07) is 4.68. The van der Waals surface area contributed by atoms with Gasteiger partial charge in [-0.2, -0.15) is 0 Å². The zero-order valence-electron chi connectivity index (χ0n) is 8.59. The molecule has 1 aromatic rings. The Balaban J connectivity index is 1.92. The lowest BCUT2D eigenvalue weighted by atomic mass is 10.1. The number of anilines is 1. The largest absolute Gasteiger partial charge is 0.366 e. The molecule has 3 nitrogen and oxygen atoms in total. The fourth-order valence-corrected chi connectivity index (χ4v) is 1.74. The summed E-state index contributed by atoms with van der Waals surface area (Å²) in [6.45, 7) is 4.26. The third kappa shape index (κ3) is 2.45. The Morgan fingerprint density at radius 1 is 1.50 bits per heavy atom. The van der Waals surface area contributed by atoms with E-state index >= 15 is 0 Å². The van der Waals surface area contributed by atoms with E-state index < -0.39 is 0 Å². The summed E-state index contributed by atoms with van der Waals surface area (Å²) in [5.41, 5.74) is 1.21. The van der Waals surface area contributed by atoms with Gasteiger partial charge in [-0.1, -0.05) is 6.07 Å². The molecule has 0 saturated carbocycles. The molecule has 0 spiro atoms. The first-order chi connectivity index (χ1) is 6.84. The maximum absolute atomic E-state index is 4.33. The van der Waals surface area contributed by atoms with Crippen LogP contribution in [0.1, 0.15) is 18.4 Å². The molecule has 1 aliphatic heterocycles. The molecule has 2 heterocycles. The molecule has 0 unspecified atom stereocenters. The first kappa shape index (κ1) is 9.46. The van der Waals surface area contributed by atoms with Crippen LogP contribution in [0.4, 0.5) is 5.82 Å². The van der Waals surface area contributed by atoms with Crippen LogP contribution in [0.5, 0.6) is 0 Å². The van der Waals surface area contributed by atoms with Gasteiger partial charge in [0.25, 0.3) is 0 Å². The highest BCUT2D eigenvalue weighted by Gasteiger charge is 2.12. The average Bonchev–Trinajstić information content (AvgIpc) is 2.23. The van der Waals surface area contributed by atoms with E-state index in [0.717, 1.165) is 18.9 Å². The van der Waals surface area contributed by atoms with E-state index in [4.69, 9.17) is 0 Å². The lowest BCUT2D eigenvalue weighted by molar-refractivity contribution is 0.479.